The Morgan fingerprint density at radius 1 is 0.804 bits per heavy atom. The molecule has 4 aliphatic rings. The lowest BCUT2D eigenvalue weighted by molar-refractivity contribution is -0.124. The highest BCUT2D eigenvalue weighted by Gasteiger charge is 2.59. The number of hydrogen-bond donors (Lipinski definition) is 2. The normalized spacial score (nSPS) is 30.5. The Kier molecular flexibility index (Phi) is 16.8. The topological polar surface area (TPSA) is 112 Å². The summed E-state index contributed by atoms with van der Waals surface area (Å²) in [6, 6.07) is 0. The molecule has 0 saturated heterocycles. The molecule has 8 atom stereocenters. The fraction of sp³-hybridized carbons (Fsp3) is 0.881. The molecule has 0 heterocycles. The first kappa shape index (κ1) is 41.8. The number of hydrogen-bond acceptors (Lipinski definition) is 7. The van der Waals surface area contributed by atoms with Crippen molar-refractivity contribution in [2.45, 2.75) is 138 Å². The summed E-state index contributed by atoms with van der Waals surface area (Å²) in [5.41, 5.74) is 2.32. The average molecular weight is 717 g/mol. The van der Waals surface area contributed by atoms with Crippen LogP contribution in [0.25, 0.3) is 0 Å². The number of ketones is 1. The van der Waals surface area contributed by atoms with Crippen LogP contribution in [0.15, 0.2) is 11.6 Å². The van der Waals surface area contributed by atoms with E-state index in [1.165, 1.54) is 58.3 Å². The predicted molar refractivity (Wildman–Crippen MR) is 201 cm³/mol. The second-order valence-electron chi connectivity index (χ2n) is 17.2. The van der Waals surface area contributed by atoms with Crippen LogP contribution in [0.4, 0.5) is 4.79 Å². The van der Waals surface area contributed by atoms with E-state index in [4.69, 9.17) is 18.9 Å². The largest absolute Gasteiger partial charge is 0.446 e. The van der Waals surface area contributed by atoms with Crippen LogP contribution in [0.5, 0.6) is 0 Å². The number of carbonyl (C=O) groups excluding carboxylic acids is 3. The molecule has 0 bridgehead atoms. The maximum Gasteiger partial charge on any atom is 0.407 e. The SMILES string of the molecule is CC(=O)CCC(=O)NCCOCCOCCOCCCNC(=O)OC1CC[C@@]2(C)C(=CC[C@H]3[C@@H]4CC[C@H]([C@H](C)CCCC(C)C)[C@@]4(C)CC[C@@H]32)C1. The van der Waals surface area contributed by atoms with Gasteiger partial charge in [0.05, 0.1) is 33.0 Å². The van der Waals surface area contributed by atoms with Crippen molar-refractivity contribution in [3.05, 3.63) is 11.6 Å². The molecule has 4 aliphatic carbocycles. The Balaban J connectivity index is 1.05. The molecule has 0 aromatic rings. The molecule has 9 nitrogen and oxygen atoms in total. The van der Waals surface area contributed by atoms with Crippen molar-refractivity contribution >= 4 is 17.8 Å². The summed E-state index contributed by atoms with van der Waals surface area (Å²) in [7, 11) is 0. The zero-order valence-corrected chi connectivity index (χ0v) is 33.0. The number of amides is 2. The van der Waals surface area contributed by atoms with Gasteiger partial charge in [-0.3, -0.25) is 4.79 Å². The average Bonchev–Trinajstić information content (AvgIpc) is 3.44. The molecule has 3 saturated carbocycles. The van der Waals surface area contributed by atoms with E-state index in [0.717, 1.165) is 54.8 Å². The summed E-state index contributed by atoms with van der Waals surface area (Å²) < 4.78 is 22.5. The molecule has 0 radical (unpaired) electrons. The van der Waals surface area contributed by atoms with Gasteiger partial charge in [0.15, 0.2) is 0 Å². The molecule has 292 valence electrons. The smallest absolute Gasteiger partial charge is 0.407 e. The first-order valence-electron chi connectivity index (χ1n) is 20.6. The third kappa shape index (κ3) is 12.0. The van der Waals surface area contributed by atoms with E-state index in [1.54, 1.807) is 5.57 Å². The Morgan fingerprint density at radius 2 is 1.53 bits per heavy atom. The fourth-order valence-corrected chi connectivity index (χ4v) is 10.5. The Labute approximate surface area is 309 Å². The highest BCUT2D eigenvalue weighted by atomic mass is 16.6. The molecular weight excluding hydrogens is 644 g/mol. The highest BCUT2D eigenvalue weighted by Crippen LogP contribution is 2.67. The minimum Gasteiger partial charge on any atom is -0.446 e. The van der Waals surface area contributed by atoms with Crippen molar-refractivity contribution in [3.63, 3.8) is 0 Å². The van der Waals surface area contributed by atoms with E-state index in [0.29, 0.717) is 64.6 Å². The van der Waals surface area contributed by atoms with Gasteiger partial charge < -0.3 is 34.4 Å². The maximum atomic E-state index is 12.7. The summed E-state index contributed by atoms with van der Waals surface area (Å²) >= 11 is 0. The number of ether oxygens (including phenoxy) is 4. The van der Waals surface area contributed by atoms with Crippen LogP contribution in [0.1, 0.15) is 131 Å². The van der Waals surface area contributed by atoms with E-state index in [2.05, 4.69) is 51.3 Å². The van der Waals surface area contributed by atoms with Crippen molar-refractivity contribution < 1.29 is 33.3 Å². The van der Waals surface area contributed by atoms with E-state index in [-0.39, 0.29) is 42.1 Å². The van der Waals surface area contributed by atoms with Crippen LogP contribution in [-0.4, -0.2) is 76.6 Å². The standard InChI is InChI=1S/C42H72N2O7/c1-30(2)9-7-10-31(3)36-14-15-37-35-13-12-33-29-34(17-19-41(33,5)38(35)18-20-42(36,37)6)51-40(47)44-21-8-23-48-25-27-50-28-26-49-24-22-43-39(46)16-11-32(4)45/h12,30-31,34-38H,7-11,13-29H2,1-6H3,(H,43,46)(H,44,47)/t31-,34?,35+,36-,37+,38+,41+,42-/m1/s1. The predicted octanol–water partition coefficient (Wildman–Crippen LogP) is 8.05. The van der Waals surface area contributed by atoms with Gasteiger partial charge >= 0.3 is 6.09 Å². The first-order chi connectivity index (χ1) is 24.4. The minimum absolute atomic E-state index is 0.0105. The van der Waals surface area contributed by atoms with Crippen LogP contribution in [0.2, 0.25) is 0 Å². The van der Waals surface area contributed by atoms with Crippen molar-refractivity contribution in [2.75, 3.05) is 52.7 Å². The number of Topliss-reactive ketones (excluding diaryl/α,β-unsaturated/α-hetero) is 1. The minimum atomic E-state index is -0.315. The van der Waals surface area contributed by atoms with Crippen LogP contribution < -0.4 is 10.6 Å². The quantitative estimate of drug-likeness (QED) is 0.0862. The van der Waals surface area contributed by atoms with Gasteiger partial charge in [-0.2, -0.15) is 0 Å². The number of carbonyl (C=O) groups is 3. The lowest BCUT2D eigenvalue weighted by Crippen LogP contribution is -2.51. The number of rotatable bonds is 22. The maximum absolute atomic E-state index is 12.7. The van der Waals surface area contributed by atoms with Crippen molar-refractivity contribution in [1.82, 2.24) is 10.6 Å². The van der Waals surface area contributed by atoms with Gasteiger partial charge in [0.2, 0.25) is 5.91 Å². The molecule has 9 heteroatoms. The van der Waals surface area contributed by atoms with Gasteiger partial charge in [-0.05, 0) is 105 Å². The van der Waals surface area contributed by atoms with Crippen molar-refractivity contribution in [3.8, 4) is 0 Å². The zero-order valence-electron chi connectivity index (χ0n) is 33.0. The van der Waals surface area contributed by atoms with E-state index in [9.17, 15) is 14.4 Å². The van der Waals surface area contributed by atoms with E-state index >= 15 is 0 Å². The number of allylic oxidation sites excluding steroid dienone is 1. The number of alkyl carbamates (subject to hydrolysis) is 1. The summed E-state index contributed by atoms with van der Waals surface area (Å²) in [5.74, 6) is 4.87. The van der Waals surface area contributed by atoms with Gasteiger partial charge in [0.25, 0.3) is 0 Å². The molecule has 0 spiro atoms. The van der Waals surface area contributed by atoms with Crippen molar-refractivity contribution in [1.29, 1.82) is 0 Å². The molecule has 0 aliphatic heterocycles. The second kappa shape index (κ2) is 20.5. The Morgan fingerprint density at radius 3 is 2.25 bits per heavy atom. The summed E-state index contributed by atoms with van der Waals surface area (Å²) in [5, 5.41) is 5.64. The lowest BCUT2D eigenvalue weighted by Gasteiger charge is -2.58. The zero-order chi connectivity index (χ0) is 36.9. The monoisotopic (exact) mass is 717 g/mol. The lowest BCUT2D eigenvalue weighted by atomic mass is 9.47. The fourth-order valence-electron chi connectivity index (χ4n) is 10.5. The molecule has 1 unspecified atom stereocenters. The third-order valence-electron chi connectivity index (χ3n) is 13.3. The molecule has 0 aromatic carbocycles. The van der Waals surface area contributed by atoms with Gasteiger partial charge in [-0.1, -0.05) is 65.5 Å². The summed E-state index contributed by atoms with van der Waals surface area (Å²) in [6.07, 6.45) is 17.4. The molecule has 4 rings (SSSR count). The highest BCUT2D eigenvalue weighted by molar-refractivity contribution is 5.83. The summed E-state index contributed by atoms with van der Waals surface area (Å²) in [6.45, 7) is 17.7. The van der Waals surface area contributed by atoms with E-state index in [1.807, 2.05) is 0 Å². The van der Waals surface area contributed by atoms with Crippen LogP contribution >= 0.6 is 0 Å². The van der Waals surface area contributed by atoms with Gasteiger partial charge in [-0.25, -0.2) is 4.79 Å². The third-order valence-corrected chi connectivity index (χ3v) is 13.3. The van der Waals surface area contributed by atoms with Crippen LogP contribution in [-0.2, 0) is 28.5 Å². The Bertz CT molecular complexity index is 1140. The van der Waals surface area contributed by atoms with Gasteiger partial charge in [0, 0.05) is 39.0 Å². The molecule has 3 fully saturated rings. The van der Waals surface area contributed by atoms with Crippen LogP contribution in [0.3, 0.4) is 0 Å². The molecular formula is C42H72N2O7. The molecule has 2 amide bonds. The second-order valence-corrected chi connectivity index (χ2v) is 17.2. The molecule has 2 N–H and O–H groups in total. The Hall–Kier alpha value is -1.97. The summed E-state index contributed by atoms with van der Waals surface area (Å²) in [4.78, 5) is 35.1. The van der Waals surface area contributed by atoms with E-state index < -0.39 is 0 Å². The number of fused-ring (bicyclic) bond motifs is 5. The molecule has 0 aromatic heterocycles. The molecule has 51 heavy (non-hydrogen) atoms. The number of nitrogens with one attached hydrogen (secondary N) is 2. The first-order valence-corrected chi connectivity index (χ1v) is 20.6. The van der Waals surface area contributed by atoms with Crippen LogP contribution in [0, 0.1) is 46.3 Å². The van der Waals surface area contributed by atoms with Gasteiger partial charge in [-0.15, -0.1) is 0 Å². The van der Waals surface area contributed by atoms with Crippen molar-refractivity contribution in [2.24, 2.45) is 46.3 Å². The van der Waals surface area contributed by atoms with Gasteiger partial charge in [0.1, 0.15) is 11.9 Å².